The second-order valence-electron chi connectivity index (χ2n) is 6.51. The number of halogens is 2. The summed E-state index contributed by atoms with van der Waals surface area (Å²) in [4.78, 5) is 21.3. The Morgan fingerprint density at radius 2 is 1.97 bits per heavy atom. The van der Waals surface area contributed by atoms with Gasteiger partial charge in [-0.25, -0.2) is 23.7 Å². The lowest BCUT2D eigenvalue weighted by Crippen LogP contribution is -2.14. The van der Waals surface area contributed by atoms with Crippen LogP contribution in [0.1, 0.15) is 18.8 Å². The number of imidazole rings is 1. The molecule has 0 bridgehead atoms. The van der Waals surface area contributed by atoms with Gasteiger partial charge in [-0.1, -0.05) is 0 Å². The first kappa shape index (κ1) is 18.7. The fourth-order valence-corrected chi connectivity index (χ4v) is 2.90. The first-order valence-electron chi connectivity index (χ1n) is 8.95. The fourth-order valence-electron chi connectivity index (χ4n) is 2.90. The van der Waals surface area contributed by atoms with E-state index in [9.17, 15) is 8.78 Å². The number of alkyl halides is 1. The van der Waals surface area contributed by atoms with Crippen molar-refractivity contribution in [3.8, 4) is 0 Å². The molecule has 0 aromatic carbocycles. The topological polar surface area (TPSA) is 98.4 Å². The van der Waals surface area contributed by atoms with E-state index in [1.165, 1.54) is 0 Å². The Morgan fingerprint density at radius 1 is 1.17 bits per heavy atom. The molecule has 1 unspecified atom stereocenters. The van der Waals surface area contributed by atoms with Crippen LogP contribution in [0.2, 0.25) is 0 Å². The summed E-state index contributed by atoms with van der Waals surface area (Å²) in [7, 11) is 1.86. The molecule has 0 saturated carbocycles. The number of fused-ring (bicyclic) bond motifs is 1. The largest absolute Gasteiger partial charge is 0.344 e. The number of aromatic nitrogens is 7. The summed E-state index contributed by atoms with van der Waals surface area (Å²) in [6, 6.07) is 1.45. The Kier molecular flexibility index (Phi) is 5.02. The van der Waals surface area contributed by atoms with Crippen molar-refractivity contribution in [1.29, 1.82) is 0 Å². The van der Waals surface area contributed by atoms with Crippen molar-refractivity contribution in [2.45, 2.75) is 19.5 Å². The Labute approximate surface area is 164 Å². The van der Waals surface area contributed by atoms with Crippen LogP contribution in [-0.4, -0.2) is 40.7 Å². The SMILES string of the molecule is CC(Nc1nc(Nc2cn(C)cn2)c2ccn(CCF)c2n1)c1ncc(F)cn1. The van der Waals surface area contributed by atoms with Crippen LogP contribution in [0.3, 0.4) is 0 Å². The molecule has 0 fully saturated rings. The maximum absolute atomic E-state index is 13.1. The third-order valence-electron chi connectivity index (χ3n) is 4.27. The Morgan fingerprint density at radius 3 is 2.66 bits per heavy atom. The fraction of sp³-hybridized carbons (Fsp3) is 0.278. The van der Waals surface area contributed by atoms with Gasteiger partial charge in [-0.05, 0) is 13.0 Å². The Balaban J connectivity index is 1.70. The molecule has 0 radical (unpaired) electrons. The van der Waals surface area contributed by atoms with Crippen LogP contribution >= 0.6 is 0 Å². The average Bonchev–Trinajstić information content (AvgIpc) is 3.29. The van der Waals surface area contributed by atoms with E-state index >= 15 is 0 Å². The maximum atomic E-state index is 13.1. The summed E-state index contributed by atoms with van der Waals surface area (Å²) >= 11 is 0. The van der Waals surface area contributed by atoms with E-state index in [-0.39, 0.29) is 12.6 Å². The van der Waals surface area contributed by atoms with Gasteiger partial charge < -0.3 is 19.8 Å². The summed E-state index contributed by atoms with van der Waals surface area (Å²) in [5.41, 5.74) is 0.575. The molecule has 0 amide bonds. The van der Waals surface area contributed by atoms with Gasteiger partial charge in [0.1, 0.15) is 29.8 Å². The molecule has 4 heterocycles. The highest BCUT2D eigenvalue weighted by molar-refractivity contribution is 5.90. The predicted octanol–water partition coefficient (Wildman–Crippen LogP) is 2.98. The van der Waals surface area contributed by atoms with Gasteiger partial charge >= 0.3 is 0 Å². The third-order valence-corrected chi connectivity index (χ3v) is 4.27. The number of hydrogen-bond donors (Lipinski definition) is 2. The van der Waals surface area contributed by atoms with E-state index in [2.05, 4.69) is 35.6 Å². The number of hydrogen-bond acceptors (Lipinski definition) is 7. The van der Waals surface area contributed by atoms with E-state index in [1.54, 1.807) is 17.1 Å². The second kappa shape index (κ2) is 7.78. The molecule has 29 heavy (non-hydrogen) atoms. The molecule has 9 nitrogen and oxygen atoms in total. The zero-order valence-electron chi connectivity index (χ0n) is 15.8. The van der Waals surface area contributed by atoms with E-state index in [4.69, 9.17) is 0 Å². The number of nitrogens with zero attached hydrogens (tertiary/aromatic N) is 7. The summed E-state index contributed by atoms with van der Waals surface area (Å²) in [6.07, 6.45) is 7.45. The minimum atomic E-state index is -0.515. The van der Waals surface area contributed by atoms with Crippen LogP contribution in [0, 0.1) is 5.82 Å². The van der Waals surface area contributed by atoms with Crippen LogP contribution in [0.25, 0.3) is 11.0 Å². The first-order valence-corrected chi connectivity index (χ1v) is 8.95. The van der Waals surface area contributed by atoms with E-state index in [1.807, 2.05) is 30.8 Å². The van der Waals surface area contributed by atoms with Gasteiger partial charge in [-0.2, -0.15) is 9.97 Å². The van der Waals surface area contributed by atoms with Crippen molar-refractivity contribution in [3.05, 3.63) is 48.8 Å². The minimum Gasteiger partial charge on any atom is -0.344 e. The van der Waals surface area contributed by atoms with E-state index in [0.717, 1.165) is 17.8 Å². The minimum absolute atomic E-state index is 0.180. The Bertz CT molecular complexity index is 1120. The molecule has 0 saturated heterocycles. The van der Waals surface area contributed by atoms with Crippen molar-refractivity contribution in [1.82, 2.24) is 34.1 Å². The molecule has 4 rings (SSSR count). The Hall–Kier alpha value is -3.63. The molecular weight excluding hydrogens is 380 g/mol. The van der Waals surface area contributed by atoms with Crippen LogP contribution in [-0.2, 0) is 13.6 Å². The summed E-state index contributed by atoms with van der Waals surface area (Å²) in [5, 5.41) is 7.03. The smallest absolute Gasteiger partial charge is 0.227 e. The lowest BCUT2D eigenvalue weighted by atomic mass is 10.3. The molecule has 0 aliphatic carbocycles. The van der Waals surface area contributed by atoms with Crippen molar-refractivity contribution < 1.29 is 8.78 Å². The summed E-state index contributed by atoms with van der Waals surface area (Å²) < 4.78 is 29.5. The molecule has 2 N–H and O–H groups in total. The van der Waals surface area contributed by atoms with Crippen molar-refractivity contribution in [2.75, 3.05) is 17.3 Å². The molecule has 4 aromatic heterocycles. The third kappa shape index (κ3) is 3.98. The lowest BCUT2D eigenvalue weighted by molar-refractivity contribution is 0.450. The first-order chi connectivity index (χ1) is 14.0. The molecule has 11 heteroatoms. The van der Waals surface area contributed by atoms with E-state index < -0.39 is 12.5 Å². The average molecular weight is 399 g/mol. The molecule has 0 aliphatic rings. The quantitative estimate of drug-likeness (QED) is 0.493. The lowest BCUT2D eigenvalue weighted by Gasteiger charge is -2.14. The molecule has 1 atom stereocenters. The predicted molar refractivity (Wildman–Crippen MR) is 104 cm³/mol. The summed E-state index contributed by atoms with van der Waals surface area (Å²) in [6.45, 7) is 1.48. The monoisotopic (exact) mass is 399 g/mol. The van der Waals surface area contributed by atoms with Crippen LogP contribution in [0.4, 0.5) is 26.4 Å². The van der Waals surface area contributed by atoms with E-state index in [0.29, 0.717) is 29.1 Å². The maximum Gasteiger partial charge on any atom is 0.227 e. The zero-order valence-corrected chi connectivity index (χ0v) is 15.8. The van der Waals surface area contributed by atoms with Gasteiger partial charge in [0.05, 0.1) is 36.7 Å². The highest BCUT2D eigenvalue weighted by Gasteiger charge is 2.16. The van der Waals surface area contributed by atoms with Crippen LogP contribution < -0.4 is 10.6 Å². The normalized spacial score (nSPS) is 12.3. The van der Waals surface area contributed by atoms with Crippen molar-refractivity contribution in [2.24, 2.45) is 7.05 Å². The zero-order chi connectivity index (χ0) is 20.4. The number of nitrogens with one attached hydrogen (secondary N) is 2. The summed E-state index contributed by atoms with van der Waals surface area (Å²) in [5.74, 6) is 1.33. The molecule has 0 spiro atoms. The molecule has 150 valence electrons. The van der Waals surface area contributed by atoms with Crippen LogP contribution in [0.15, 0.2) is 37.2 Å². The molecular formula is C18H19F2N9. The number of aryl methyl sites for hydroxylation is 2. The van der Waals surface area contributed by atoms with Crippen molar-refractivity contribution >= 4 is 28.6 Å². The number of anilines is 3. The van der Waals surface area contributed by atoms with Crippen molar-refractivity contribution in [3.63, 3.8) is 0 Å². The molecule has 4 aromatic rings. The standard InChI is InChI=1S/C18H19F2N9/c1-11(15-21-7-12(20)8-22-15)24-18-26-16(25-14-9-28(2)10-23-14)13-3-5-29(6-4-19)17(13)27-18/h3,5,7-11H,4,6H2,1-2H3,(H2,24,25,26,27). The highest BCUT2D eigenvalue weighted by Crippen LogP contribution is 2.27. The van der Waals surface area contributed by atoms with Gasteiger partial charge in [0.15, 0.2) is 5.82 Å². The molecule has 0 aliphatic heterocycles. The van der Waals surface area contributed by atoms with Crippen LogP contribution in [0.5, 0.6) is 0 Å². The number of rotatable bonds is 7. The van der Waals surface area contributed by atoms with Gasteiger partial charge in [-0.3, -0.25) is 0 Å². The second-order valence-corrected chi connectivity index (χ2v) is 6.51. The van der Waals surface area contributed by atoms with Gasteiger partial charge in [0.25, 0.3) is 0 Å². The van der Waals surface area contributed by atoms with Gasteiger partial charge in [0, 0.05) is 19.4 Å². The van der Waals surface area contributed by atoms with Gasteiger partial charge in [0.2, 0.25) is 5.95 Å². The highest BCUT2D eigenvalue weighted by atomic mass is 19.1. The van der Waals surface area contributed by atoms with Gasteiger partial charge in [-0.15, -0.1) is 0 Å².